The molecule has 8 heteroatoms. The van der Waals surface area contributed by atoms with Gasteiger partial charge in [-0.3, -0.25) is 19.5 Å². The molecule has 0 radical (unpaired) electrons. The SMILES string of the molecule is CNC(=O)NC(=O)C(C)Sc1nc2ccccc2c(=O)n1-c1c(C)cccc1C. The summed E-state index contributed by atoms with van der Waals surface area (Å²) >= 11 is 1.13. The Morgan fingerprint density at radius 2 is 1.72 bits per heavy atom. The molecule has 29 heavy (non-hydrogen) atoms. The van der Waals surface area contributed by atoms with Crippen LogP contribution in [0.5, 0.6) is 0 Å². The predicted octanol–water partition coefficient (Wildman–Crippen LogP) is 2.94. The molecule has 0 saturated carbocycles. The molecule has 0 saturated heterocycles. The molecule has 0 aliphatic carbocycles. The molecule has 1 heterocycles. The number of aromatic nitrogens is 2. The van der Waals surface area contributed by atoms with Gasteiger partial charge in [0, 0.05) is 7.05 Å². The number of urea groups is 1. The fraction of sp³-hybridized carbons (Fsp3) is 0.238. The number of amides is 3. The molecule has 0 fully saturated rings. The molecule has 1 unspecified atom stereocenters. The lowest BCUT2D eigenvalue weighted by atomic mass is 10.1. The van der Waals surface area contributed by atoms with E-state index in [9.17, 15) is 14.4 Å². The van der Waals surface area contributed by atoms with E-state index in [1.54, 1.807) is 29.7 Å². The van der Waals surface area contributed by atoms with Crippen molar-refractivity contribution in [3.8, 4) is 5.69 Å². The van der Waals surface area contributed by atoms with Gasteiger partial charge in [-0.05, 0) is 44.0 Å². The van der Waals surface area contributed by atoms with Gasteiger partial charge >= 0.3 is 6.03 Å². The van der Waals surface area contributed by atoms with Gasteiger partial charge in [-0.2, -0.15) is 0 Å². The lowest BCUT2D eigenvalue weighted by molar-refractivity contribution is -0.119. The molecule has 0 spiro atoms. The van der Waals surface area contributed by atoms with E-state index in [0.29, 0.717) is 16.1 Å². The van der Waals surface area contributed by atoms with Crippen molar-refractivity contribution in [3.63, 3.8) is 0 Å². The van der Waals surface area contributed by atoms with Gasteiger partial charge in [0.15, 0.2) is 5.16 Å². The molecule has 3 amide bonds. The van der Waals surface area contributed by atoms with Crippen LogP contribution in [0.1, 0.15) is 18.1 Å². The fourth-order valence-corrected chi connectivity index (χ4v) is 3.95. The molecule has 0 aliphatic rings. The highest BCUT2D eigenvalue weighted by Crippen LogP contribution is 2.27. The third-order valence-corrected chi connectivity index (χ3v) is 5.58. The van der Waals surface area contributed by atoms with Gasteiger partial charge in [0.2, 0.25) is 5.91 Å². The van der Waals surface area contributed by atoms with Crippen molar-refractivity contribution >= 4 is 34.6 Å². The Labute approximate surface area is 172 Å². The zero-order chi connectivity index (χ0) is 21.1. The Balaban J connectivity index is 2.17. The van der Waals surface area contributed by atoms with Gasteiger partial charge in [-0.1, -0.05) is 42.1 Å². The highest BCUT2D eigenvalue weighted by Gasteiger charge is 2.22. The summed E-state index contributed by atoms with van der Waals surface area (Å²) in [7, 11) is 1.43. The van der Waals surface area contributed by atoms with Crippen LogP contribution in [0.25, 0.3) is 16.6 Å². The van der Waals surface area contributed by atoms with Crippen LogP contribution < -0.4 is 16.2 Å². The predicted molar refractivity (Wildman–Crippen MR) is 115 cm³/mol. The molecule has 3 aromatic rings. The van der Waals surface area contributed by atoms with E-state index >= 15 is 0 Å². The van der Waals surface area contributed by atoms with Crippen LogP contribution in [0.4, 0.5) is 4.79 Å². The van der Waals surface area contributed by atoms with Gasteiger partial charge in [-0.15, -0.1) is 0 Å². The zero-order valence-corrected chi connectivity index (χ0v) is 17.5. The number of hydrogen-bond donors (Lipinski definition) is 2. The molecule has 2 aromatic carbocycles. The Morgan fingerprint density at radius 3 is 2.38 bits per heavy atom. The summed E-state index contributed by atoms with van der Waals surface area (Å²) in [5.74, 6) is -0.468. The van der Waals surface area contributed by atoms with E-state index in [2.05, 4.69) is 15.6 Å². The lowest BCUT2D eigenvalue weighted by Gasteiger charge is -2.19. The molecule has 3 rings (SSSR count). The van der Waals surface area contributed by atoms with Crippen molar-refractivity contribution in [2.75, 3.05) is 7.05 Å². The Bertz CT molecular complexity index is 1140. The number of aryl methyl sites for hydroxylation is 2. The Kier molecular flexibility index (Phi) is 6.03. The summed E-state index contributed by atoms with van der Waals surface area (Å²) < 4.78 is 1.56. The molecule has 1 atom stereocenters. The fourth-order valence-electron chi connectivity index (χ4n) is 3.03. The summed E-state index contributed by atoms with van der Waals surface area (Å²) in [4.78, 5) is 41.8. The maximum absolute atomic E-state index is 13.4. The molecule has 0 aliphatic heterocycles. The summed E-state index contributed by atoms with van der Waals surface area (Å²) in [6.07, 6.45) is 0. The first-order valence-corrected chi connectivity index (χ1v) is 9.99. The first kappa shape index (κ1) is 20.6. The first-order chi connectivity index (χ1) is 13.8. The van der Waals surface area contributed by atoms with E-state index < -0.39 is 17.2 Å². The van der Waals surface area contributed by atoms with Crippen molar-refractivity contribution < 1.29 is 9.59 Å². The Morgan fingerprint density at radius 1 is 1.07 bits per heavy atom. The van der Waals surface area contributed by atoms with E-state index in [4.69, 9.17) is 0 Å². The largest absolute Gasteiger partial charge is 0.341 e. The molecule has 7 nitrogen and oxygen atoms in total. The number of rotatable bonds is 4. The summed E-state index contributed by atoms with van der Waals surface area (Å²) in [6, 6.07) is 12.3. The second kappa shape index (κ2) is 8.48. The van der Waals surface area contributed by atoms with Crippen LogP contribution in [-0.2, 0) is 4.79 Å². The number of benzene rings is 2. The molecule has 2 N–H and O–H groups in total. The van der Waals surface area contributed by atoms with Gasteiger partial charge < -0.3 is 5.32 Å². The van der Waals surface area contributed by atoms with E-state index in [1.807, 2.05) is 38.1 Å². The number of nitrogens with zero attached hydrogens (tertiary/aromatic N) is 2. The van der Waals surface area contributed by atoms with Gasteiger partial charge in [0.1, 0.15) is 0 Å². The number of carbonyl (C=O) groups excluding carboxylic acids is 2. The minimum Gasteiger partial charge on any atom is -0.341 e. The topological polar surface area (TPSA) is 93.1 Å². The minimum absolute atomic E-state index is 0.200. The summed E-state index contributed by atoms with van der Waals surface area (Å²) in [6.45, 7) is 5.53. The molecular formula is C21H22N4O3S. The molecule has 0 bridgehead atoms. The first-order valence-electron chi connectivity index (χ1n) is 9.11. The standard InChI is InChI=1S/C21H22N4O3S/c1-12-8-7-9-13(2)17(12)25-19(27)15-10-5-6-11-16(15)23-21(25)29-14(3)18(26)24-20(28)22-4/h5-11,14H,1-4H3,(H2,22,24,26,28). The van der Waals surface area contributed by atoms with E-state index in [0.717, 1.165) is 28.6 Å². The number of carbonyl (C=O) groups is 2. The monoisotopic (exact) mass is 410 g/mol. The van der Waals surface area contributed by atoms with Crippen molar-refractivity contribution in [3.05, 3.63) is 63.9 Å². The van der Waals surface area contributed by atoms with Crippen LogP contribution in [0.2, 0.25) is 0 Å². The van der Waals surface area contributed by atoms with Crippen molar-refractivity contribution in [2.45, 2.75) is 31.2 Å². The number of para-hydroxylation sites is 2. The second-order valence-electron chi connectivity index (χ2n) is 6.62. The van der Waals surface area contributed by atoms with Crippen LogP contribution in [0, 0.1) is 13.8 Å². The number of imide groups is 1. The second-order valence-corrected chi connectivity index (χ2v) is 7.93. The maximum atomic E-state index is 13.4. The number of thioether (sulfide) groups is 1. The average molecular weight is 410 g/mol. The number of nitrogens with one attached hydrogen (secondary N) is 2. The van der Waals surface area contributed by atoms with Crippen LogP contribution >= 0.6 is 11.8 Å². The molecule has 1 aromatic heterocycles. The van der Waals surface area contributed by atoms with Crippen LogP contribution in [0.15, 0.2) is 52.4 Å². The highest BCUT2D eigenvalue weighted by molar-refractivity contribution is 8.00. The molecule has 150 valence electrons. The molecular weight excluding hydrogens is 388 g/mol. The summed E-state index contributed by atoms with van der Waals surface area (Å²) in [5.41, 5.74) is 2.95. The zero-order valence-electron chi connectivity index (χ0n) is 16.6. The quantitative estimate of drug-likeness (QED) is 0.510. The van der Waals surface area contributed by atoms with Crippen molar-refractivity contribution in [1.82, 2.24) is 20.2 Å². The van der Waals surface area contributed by atoms with Crippen molar-refractivity contribution in [2.24, 2.45) is 0 Å². The number of fused-ring (bicyclic) bond motifs is 1. The maximum Gasteiger partial charge on any atom is 0.321 e. The van der Waals surface area contributed by atoms with Crippen LogP contribution in [0.3, 0.4) is 0 Å². The van der Waals surface area contributed by atoms with Crippen molar-refractivity contribution in [1.29, 1.82) is 0 Å². The third-order valence-electron chi connectivity index (χ3n) is 4.52. The van der Waals surface area contributed by atoms with Gasteiger partial charge in [0.25, 0.3) is 5.56 Å². The van der Waals surface area contributed by atoms with E-state index in [1.165, 1.54) is 7.05 Å². The highest BCUT2D eigenvalue weighted by atomic mass is 32.2. The normalized spacial score (nSPS) is 11.9. The Hall–Kier alpha value is -3.13. The van der Waals surface area contributed by atoms with Gasteiger partial charge in [-0.25, -0.2) is 9.78 Å². The third kappa shape index (κ3) is 4.17. The lowest BCUT2D eigenvalue weighted by Crippen LogP contribution is -2.41. The van der Waals surface area contributed by atoms with E-state index in [-0.39, 0.29) is 5.56 Å². The minimum atomic E-state index is -0.643. The number of hydrogen-bond acceptors (Lipinski definition) is 5. The smallest absolute Gasteiger partial charge is 0.321 e. The van der Waals surface area contributed by atoms with Crippen LogP contribution in [-0.4, -0.2) is 33.8 Å². The average Bonchev–Trinajstić information content (AvgIpc) is 2.69. The summed E-state index contributed by atoms with van der Waals surface area (Å²) in [5, 5.41) is 4.86. The van der Waals surface area contributed by atoms with Gasteiger partial charge in [0.05, 0.1) is 21.8 Å².